The molecular weight excluding hydrogens is 332 g/mol. The van der Waals surface area contributed by atoms with E-state index in [-0.39, 0.29) is 34.9 Å². The molecule has 5 nitrogen and oxygen atoms in total. The molecule has 0 amide bonds. The first-order chi connectivity index (χ1) is 12.3. The molecule has 0 aromatic rings. The van der Waals surface area contributed by atoms with Crippen LogP contribution in [0.1, 0.15) is 52.4 Å². The molecule has 3 aliphatic heterocycles. The van der Waals surface area contributed by atoms with Crippen molar-refractivity contribution in [2.45, 2.75) is 76.2 Å². The van der Waals surface area contributed by atoms with Gasteiger partial charge in [0.15, 0.2) is 11.6 Å². The van der Waals surface area contributed by atoms with Crippen LogP contribution in [0.25, 0.3) is 0 Å². The highest BCUT2D eigenvalue weighted by Crippen LogP contribution is 2.72. The van der Waals surface area contributed by atoms with Gasteiger partial charge in [0.25, 0.3) is 0 Å². The smallest absolute Gasteiger partial charge is 0.177 e. The van der Waals surface area contributed by atoms with E-state index in [2.05, 4.69) is 13.0 Å². The molecular formula is C21H30O5. The zero-order valence-corrected chi connectivity index (χ0v) is 15.7. The Bertz CT molecular complexity index is 692. The van der Waals surface area contributed by atoms with Crippen LogP contribution in [0, 0.1) is 28.6 Å². The Balaban J connectivity index is 1.43. The average molecular weight is 362 g/mol. The van der Waals surface area contributed by atoms with E-state index in [0.29, 0.717) is 19.1 Å². The van der Waals surface area contributed by atoms with Crippen molar-refractivity contribution in [1.82, 2.24) is 0 Å². The van der Waals surface area contributed by atoms with Crippen LogP contribution in [0.5, 0.6) is 0 Å². The van der Waals surface area contributed by atoms with Gasteiger partial charge in [0, 0.05) is 5.92 Å². The fourth-order valence-electron chi connectivity index (χ4n) is 7.96. The summed E-state index contributed by atoms with van der Waals surface area (Å²) in [6.07, 6.45) is 7.60. The highest BCUT2D eigenvalue weighted by Gasteiger charge is 2.80. The minimum atomic E-state index is -1.12. The summed E-state index contributed by atoms with van der Waals surface area (Å²) in [5.74, 6) is -1.06. The summed E-state index contributed by atoms with van der Waals surface area (Å²) in [4.78, 5) is 0. The van der Waals surface area contributed by atoms with Crippen LogP contribution in [0.2, 0.25) is 0 Å². The number of fused-ring (bicyclic) bond motifs is 4. The molecule has 9 atom stereocenters. The molecule has 26 heavy (non-hydrogen) atoms. The number of aliphatic hydroxyl groups is 2. The fraction of sp³-hybridized carbons (Fsp3) is 0.905. The standard InChI is InChI=1S/C21H30O5/c1-18-7-5-13(22)9-12(18)3-4-15-14(18)6-8-20-11-25-19(2)17(20)16(10-24-19)26-21(15,20)23/h3,13-17,22-23H,4-11H2,1-2H3/t13-,14+,15+,16+,17+,18-,19+,20-,21+/m0/s1. The zero-order chi connectivity index (χ0) is 17.9. The van der Waals surface area contributed by atoms with Gasteiger partial charge in [0.1, 0.15) is 0 Å². The largest absolute Gasteiger partial charge is 0.393 e. The third-order valence-corrected chi connectivity index (χ3v) is 9.24. The summed E-state index contributed by atoms with van der Waals surface area (Å²) in [7, 11) is 0. The van der Waals surface area contributed by atoms with Crippen LogP contribution in [-0.4, -0.2) is 47.2 Å². The first kappa shape index (κ1) is 16.5. The van der Waals surface area contributed by atoms with Crippen molar-refractivity contribution in [2.75, 3.05) is 13.2 Å². The Morgan fingerprint density at radius 1 is 1.12 bits per heavy atom. The lowest BCUT2D eigenvalue weighted by Gasteiger charge is -2.59. The number of rotatable bonds is 0. The van der Waals surface area contributed by atoms with Crippen molar-refractivity contribution in [3.63, 3.8) is 0 Å². The second kappa shape index (κ2) is 4.74. The summed E-state index contributed by atoms with van der Waals surface area (Å²) in [6, 6.07) is 0. The molecule has 5 fully saturated rings. The maximum absolute atomic E-state index is 12.0. The molecule has 0 aromatic heterocycles. The van der Waals surface area contributed by atoms with E-state index in [0.717, 1.165) is 38.5 Å². The molecule has 1 spiro atoms. The Labute approximate surface area is 154 Å². The molecule has 6 aliphatic rings. The lowest BCUT2D eigenvalue weighted by atomic mass is 9.47. The molecule has 2 N–H and O–H groups in total. The third kappa shape index (κ3) is 1.63. The minimum absolute atomic E-state index is 0.0578. The zero-order valence-electron chi connectivity index (χ0n) is 15.7. The third-order valence-electron chi connectivity index (χ3n) is 9.24. The fourth-order valence-corrected chi connectivity index (χ4v) is 7.96. The van der Waals surface area contributed by atoms with E-state index in [1.807, 2.05) is 6.92 Å². The van der Waals surface area contributed by atoms with Gasteiger partial charge in [-0.15, -0.1) is 0 Å². The second-order valence-electron chi connectivity index (χ2n) is 10.1. The molecule has 144 valence electrons. The van der Waals surface area contributed by atoms with Crippen molar-refractivity contribution < 1.29 is 24.4 Å². The molecule has 0 radical (unpaired) electrons. The van der Waals surface area contributed by atoms with Crippen LogP contribution in [0.3, 0.4) is 0 Å². The molecule has 2 saturated carbocycles. The summed E-state index contributed by atoms with van der Waals surface area (Å²) in [5.41, 5.74) is 1.16. The Kier molecular flexibility index (Phi) is 3.01. The molecule has 3 aliphatic carbocycles. The number of hydrogen-bond acceptors (Lipinski definition) is 5. The molecule has 6 rings (SSSR count). The number of ether oxygens (including phenoxy) is 3. The summed E-state index contributed by atoms with van der Waals surface area (Å²) >= 11 is 0. The van der Waals surface area contributed by atoms with Gasteiger partial charge >= 0.3 is 0 Å². The monoisotopic (exact) mass is 362 g/mol. The Morgan fingerprint density at radius 2 is 1.96 bits per heavy atom. The minimum Gasteiger partial charge on any atom is -0.393 e. The number of allylic oxidation sites excluding steroid dienone is 1. The van der Waals surface area contributed by atoms with Crippen LogP contribution >= 0.6 is 0 Å². The van der Waals surface area contributed by atoms with Crippen molar-refractivity contribution in [2.24, 2.45) is 28.6 Å². The summed E-state index contributed by atoms with van der Waals surface area (Å²) < 4.78 is 18.5. The van der Waals surface area contributed by atoms with Gasteiger partial charge in [-0.3, -0.25) is 0 Å². The topological polar surface area (TPSA) is 68.2 Å². The van der Waals surface area contributed by atoms with Crippen LogP contribution < -0.4 is 0 Å². The molecule has 5 heteroatoms. The van der Waals surface area contributed by atoms with Crippen LogP contribution in [0.15, 0.2) is 11.6 Å². The maximum atomic E-state index is 12.0. The van der Waals surface area contributed by atoms with Gasteiger partial charge < -0.3 is 24.4 Å². The van der Waals surface area contributed by atoms with E-state index < -0.39 is 11.6 Å². The van der Waals surface area contributed by atoms with Crippen molar-refractivity contribution in [1.29, 1.82) is 0 Å². The summed E-state index contributed by atoms with van der Waals surface area (Å²) in [5, 5.41) is 22.2. The predicted octanol–water partition coefficient (Wildman–Crippen LogP) is 2.36. The Hall–Kier alpha value is -0.460. The first-order valence-electron chi connectivity index (χ1n) is 10.4. The maximum Gasteiger partial charge on any atom is 0.177 e. The van der Waals surface area contributed by atoms with Gasteiger partial charge in [0.05, 0.1) is 36.8 Å². The van der Waals surface area contributed by atoms with Crippen LogP contribution in [0.4, 0.5) is 0 Å². The lowest BCUT2D eigenvalue weighted by Crippen LogP contribution is -2.62. The van der Waals surface area contributed by atoms with E-state index in [1.54, 1.807) is 0 Å². The van der Waals surface area contributed by atoms with Gasteiger partial charge in [-0.25, -0.2) is 0 Å². The normalized spacial score (nSPS) is 62.9. The average Bonchev–Trinajstić information content (AvgIpc) is 3.18. The van der Waals surface area contributed by atoms with E-state index in [4.69, 9.17) is 14.2 Å². The molecule has 3 saturated heterocycles. The number of aliphatic hydroxyl groups excluding tert-OH is 1. The molecule has 0 bridgehead atoms. The van der Waals surface area contributed by atoms with Gasteiger partial charge in [0.2, 0.25) is 0 Å². The molecule has 3 heterocycles. The summed E-state index contributed by atoms with van der Waals surface area (Å²) in [6.45, 7) is 5.44. The lowest BCUT2D eigenvalue weighted by molar-refractivity contribution is -0.308. The van der Waals surface area contributed by atoms with Crippen molar-refractivity contribution >= 4 is 0 Å². The second-order valence-corrected chi connectivity index (χ2v) is 10.1. The van der Waals surface area contributed by atoms with Gasteiger partial charge in [-0.1, -0.05) is 18.6 Å². The predicted molar refractivity (Wildman–Crippen MR) is 92.9 cm³/mol. The van der Waals surface area contributed by atoms with Crippen molar-refractivity contribution in [3.05, 3.63) is 11.6 Å². The molecule has 0 unspecified atom stereocenters. The molecule has 0 aromatic carbocycles. The van der Waals surface area contributed by atoms with E-state index >= 15 is 0 Å². The highest BCUT2D eigenvalue weighted by molar-refractivity contribution is 5.28. The highest BCUT2D eigenvalue weighted by atomic mass is 16.7. The Morgan fingerprint density at radius 3 is 2.81 bits per heavy atom. The van der Waals surface area contributed by atoms with Crippen molar-refractivity contribution in [3.8, 4) is 0 Å². The van der Waals surface area contributed by atoms with Gasteiger partial charge in [-0.05, 0) is 56.8 Å². The first-order valence-corrected chi connectivity index (χ1v) is 10.4. The van der Waals surface area contributed by atoms with Crippen LogP contribution in [-0.2, 0) is 14.2 Å². The van der Waals surface area contributed by atoms with Gasteiger partial charge in [-0.2, -0.15) is 0 Å². The van der Waals surface area contributed by atoms with E-state index in [9.17, 15) is 10.2 Å². The van der Waals surface area contributed by atoms with E-state index in [1.165, 1.54) is 5.57 Å². The SMILES string of the molecule is C[C@@]12OC[C@H]3O[C@]4(O)[C@@H]5CC=C6C[C@@H](O)CC[C@]6(C)[C@@H]5CC[C@]4(CO1)[C@H]32. The quantitative estimate of drug-likeness (QED) is 0.648. The number of hydrogen-bond donors (Lipinski definition) is 2.